The predicted molar refractivity (Wildman–Crippen MR) is 110 cm³/mol. The van der Waals surface area contributed by atoms with Crippen molar-refractivity contribution >= 4 is 23.4 Å². The minimum absolute atomic E-state index is 0.0528. The van der Waals surface area contributed by atoms with Crippen molar-refractivity contribution in [2.45, 2.75) is 12.5 Å². The molecule has 3 rings (SSSR count). The van der Waals surface area contributed by atoms with Gasteiger partial charge in [0.25, 0.3) is 5.91 Å². The zero-order valence-electron chi connectivity index (χ0n) is 16.7. The molecule has 0 unspecified atom stereocenters. The first-order valence-corrected chi connectivity index (χ1v) is 9.92. The molecule has 2 amide bonds. The summed E-state index contributed by atoms with van der Waals surface area (Å²) in [6.07, 6.45) is 2.00. The fourth-order valence-corrected chi connectivity index (χ4v) is 3.43. The van der Waals surface area contributed by atoms with E-state index in [0.29, 0.717) is 36.8 Å². The van der Waals surface area contributed by atoms with Crippen molar-refractivity contribution in [3.63, 3.8) is 0 Å². The van der Waals surface area contributed by atoms with E-state index in [9.17, 15) is 9.59 Å². The molecular weight excluding hydrogens is 394 g/mol. The molecule has 1 atom stereocenters. The molecule has 0 bridgehead atoms. The van der Waals surface area contributed by atoms with Gasteiger partial charge in [-0.2, -0.15) is 5.10 Å². The highest BCUT2D eigenvalue weighted by atomic mass is 35.5. The highest BCUT2D eigenvalue weighted by Gasteiger charge is 2.31. The van der Waals surface area contributed by atoms with E-state index >= 15 is 0 Å². The van der Waals surface area contributed by atoms with Gasteiger partial charge >= 0.3 is 0 Å². The number of likely N-dealkylation sites (tertiary alicyclic amines) is 1. The summed E-state index contributed by atoms with van der Waals surface area (Å²) in [7, 11) is 3.66. The Bertz CT molecular complexity index is 856. The van der Waals surface area contributed by atoms with Crippen molar-refractivity contribution in [2.75, 3.05) is 46.9 Å². The number of para-hydroxylation sites is 1. The second-order valence-electron chi connectivity index (χ2n) is 7.11. The quantitative estimate of drug-likeness (QED) is 0.665. The van der Waals surface area contributed by atoms with Crippen LogP contribution in [0.4, 0.5) is 0 Å². The molecule has 1 aliphatic rings. The molecule has 2 heterocycles. The Morgan fingerprint density at radius 1 is 1.34 bits per heavy atom. The maximum atomic E-state index is 12.6. The number of aromatic nitrogens is 2. The molecule has 29 heavy (non-hydrogen) atoms. The molecule has 1 saturated heterocycles. The Morgan fingerprint density at radius 2 is 2.14 bits per heavy atom. The molecule has 0 spiro atoms. The van der Waals surface area contributed by atoms with Crippen LogP contribution in [-0.2, 0) is 9.53 Å². The lowest BCUT2D eigenvalue weighted by Gasteiger charge is -2.21. The molecule has 1 aromatic carbocycles. The second kappa shape index (κ2) is 9.87. The van der Waals surface area contributed by atoms with Crippen molar-refractivity contribution in [3.05, 3.63) is 47.2 Å². The van der Waals surface area contributed by atoms with Gasteiger partial charge in [-0.1, -0.05) is 23.7 Å². The van der Waals surface area contributed by atoms with E-state index in [1.54, 1.807) is 35.0 Å². The maximum Gasteiger partial charge on any atom is 0.272 e. The predicted octanol–water partition coefficient (Wildman–Crippen LogP) is 1.43. The Hall–Kier alpha value is -2.42. The van der Waals surface area contributed by atoms with Crippen LogP contribution < -0.4 is 5.32 Å². The lowest BCUT2D eigenvalue weighted by atomic mass is 10.2. The number of methoxy groups -OCH3 is 1. The average molecular weight is 420 g/mol. The highest BCUT2D eigenvalue weighted by Crippen LogP contribution is 2.19. The SMILES string of the molecule is COCCN(C)CCN1C[C@@H](NC(=O)c2ccn(-c3ccccc3Cl)n2)CC1=O. The van der Waals surface area contributed by atoms with Gasteiger partial charge in [0.15, 0.2) is 5.69 Å². The van der Waals surface area contributed by atoms with Gasteiger partial charge in [0.1, 0.15) is 0 Å². The van der Waals surface area contributed by atoms with Crippen LogP contribution in [0.5, 0.6) is 0 Å². The molecule has 1 aromatic heterocycles. The van der Waals surface area contributed by atoms with Crippen molar-refractivity contribution in [2.24, 2.45) is 0 Å². The normalized spacial score (nSPS) is 16.6. The van der Waals surface area contributed by atoms with Crippen LogP contribution in [0.25, 0.3) is 5.69 Å². The van der Waals surface area contributed by atoms with Gasteiger partial charge in [0.2, 0.25) is 5.91 Å². The van der Waals surface area contributed by atoms with E-state index in [0.717, 1.165) is 13.1 Å². The average Bonchev–Trinajstić information content (AvgIpc) is 3.32. The largest absolute Gasteiger partial charge is 0.383 e. The monoisotopic (exact) mass is 419 g/mol. The molecule has 156 valence electrons. The lowest BCUT2D eigenvalue weighted by molar-refractivity contribution is -0.127. The summed E-state index contributed by atoms with van der Waals surface area (Å²) in [5, 5.41) is 7.78. The van der Waals surface area contributed by atoms with Crippen LogP contribution in [0.1, 0.15) is 16.9 Å². The first-order chi connectivity index (χ1) is 14.0. The zero-order valence-corrected chi connectivity index (χ0v) is 17.4. The van der Waals surface area contributed by atoms with Gasteiger partial charge in [-0.15, -0.1) is 0 Å². The van der Waals surface area contributed by atoms with Gasteiger partial charge in [0.05, 0.1) is 23.4 Å². The van der Waals surface area contributed by atoms with Crippen molar-refractivity contribution in [1.82, 2.24) is 24.9 Å². The van der Waals surface area contributed by atoms with Crippen molar-refractivity contribution < 1.29 is 14.3 Å². The third-order valence-corrected chi connectivity index (χ3v) is 5.22. The Morgan fingerprint density at radius 3 is 2.90 bits per heavy atom. The second-order valence-corrected chi connectivity index (χ2v) is 7.51. The molecule has 0 saturated carbocycles. The van der Waals surface area contributed by atoms with Crippen LogP contribution in [0.3, 0.4) is 0 Å². The van der Waals surface area contributed by atoms with Crippen molar-refractivity contribution in [1.29, 1.82) is 0 Å². The molecule has 1 N–H and O–H groups in total. The Kier molecular flexibility index (Phi) is 7.24. The summed E-state index contributed by atoms with van der Waals surface area (Å²) in [6.45, 7) is 3.37. The summed E-state index contributed by atoms with van der Waals surface area (Å²) in [5.41, 5.74) is 0.989. The molecule has 1 fully saturated rings. The van der Waals surface area contributed by atoms with Crippen molar-refractivity contribution in [3.8, 4) is 5.69 Å². The smallest absolute Gasteiger partial charge is 0.272 e. The number of ether oxygens (including phenoxy) is 1. The molecule has 8 nitrogen and oxygen atoms in total. The molecule has 2 aromatic rings. The molecule has 0 aliphatic carbocycles. The van der Waals surface area contributed by atoms with E-state index in [1.807, 2.05) is 25.2 Å². The summed E-state index contributed by atoms with van der Waals surface area (Å²) in [4.78, 5) is 28.7. The fourth-order valence-electron chi connectivity index (χ4n) is 3.21. The van der Waals surface area contributed by atoms with E-state index in [1.165, 1.54) is 0 Å². The first kappa shape index (κ1) is 21.3. The highest BCUT2D eigenvalue weighted by molar-refractivity contribution is 6.32. The number of amides is 2. The van der Waals surface area contributed by atoms with Crippen LogP contribution in [0.15, 0.2) is 36.5 Å². The van der Waals surface area contributed by atoms with Crippen LogP contribution >= 0.6 is 11.6 Å². The number of nitrogens with zero attached hydrogens (tertiary/aromatic N) is 4. The van der Waals surface area contributed by atoms with Crippen LogP contribution in [0, 0.1) is 0 Å². The number of carbonyl (C=O) groups excluding carboxylic acids is 2. The Labute approximate surface area is 175 Å². The molecule has 1 aliphatic heterocycles. The Balaban J connectivity index is 1.53. The number of carbonyl (C=O) groups is 2. The molecule has 9 heteroatoms. The third kappa shape index (κ3) is 5.56. The van der Waals surface area contributed by atoms with Gasteiger partial charge < -0.3 is 19.9 Å². The van der Waals surface area contributed by atoms with E-state index in [2.05, 4.69) is 15.3 Å². The minimum atomic E-state index is -0.298. The van der Waals surface area contributed by atoms with Crippen LogP contribution in [0.2, 0.25) is 5.02 Å². The number of halogens is 1. The number of rotatable bonds is 9. The van der Waals surface area contributed by atoms with Gasteiger partial charge in [0, 0.05) is 45.9 Å². The number of nitrogens with one attached hydrogen (secondary N) is 1. The van der Waals surface area contributed by atoms with Gasteiger partial charge in [-0.05, 0) is 25.2 Å². The van der Waals surface area contributed by atoms with Crippen LogP contribution in [-0.4, -0.2) is 84.4 Å². The summed E-state index contributed by atoms with van der Waals surface area (Å²) < 4.78 is 6.63. The zero-order chi connectivity index (χ0) is 20.8. The van der Waals surface area contributed by atoms with Gasteiger partial charge in [-0.25, -0.2) is 4.68 Å². The lowest BCUT2D eigenvalue weighted by Crippen LogP contribution is -2.39. The summed E-state index contributed by atoms with van der Waals surface area (Å²) in [5.74, 6) is -0.246. The molecule has 0 radical (unpaired) electrons. The molecular formula is C20H26ClN5O3. The summed E-state index contributed by atoms with van der Waals surface area (Å²) in [6, 6.07) is 8.70. The van der Waals surface area contributed by atoms with E-state index in [4.69, 9.17) is 16.3 Å². The van der Waals surface area contributed by atoms with E-state index in [-0.39, 0.29) is 23.6 Å². The third-order valence-electron chi connectivity index (χ3n) is 4.90. The number of benzene rings is 1. The van der Waals surface area contributed by atoms with E-state index < -0.39 is 0 Å². The maximum absolute atomic E-state index is 12.6. The standard InChI is InChI=1S/C20H26ClN5O3/c1-24(11-12-29-2)9-10-25-14-15(13-19(25)27)22-20(28)17-7-8-26(23-17)18-6-4-3-5-16(18)21/h3-8,15H,9-14H2,1-2H3,(H,22,28)/t15-/m0/s1. The fraction of sp³-hybridized carbons (Fsp3) is 0.450. The number of hydrogen-bond acceptors (Lipinski definition) is 5. The summed E-state index contributed by atoms with van der Waals surface area (Å²) >= 11 is 6.18. The first-order valence-electron chi connectivity index (χ1n) is 9.54. The topological polar surface area (TPSA) is 79.7 Å². The minimum Gasteiger partial charge on any atom is -0.383 e. The number of hydrogen-bond donors (Lipinski definition) is 1. The number of likely N-dealkylation sites (N-methyl/N-ethyl adjacent to an activating group) is 1. The van der Waals surface area contributed by atoms with Gasteiger partial charge in [-0.3, -0.25) is 9.59 Å².